The van der Waals surface area contributed by atoms with Crippen molar-refractivity contribution in [2.45, 2.75) is 72.2 Å². The summed E-state index contributed by atoms with van der Waals surface area (Å²) >= 11 is 0. The number of nitrogens with zero attached hydrogens (tertiary/aromatic N) is 1. The van der Waals surface area contributed by atoms with E-state index in [2.05, 4.69) is 12.2 Å². The molecule has 2 aliphatic heterocycles. The zero-order valence-electron chi connectivity index (χ0n) is 23.5. The Hall–Kier alpha value is -2.97. The molecule has 1 unspecified atom stereocenters. The molecule has 0 spiro atoms. The van der Waals surface area contributed by atoms with Gasteiger partial charge in [0.1, 0.15) is 5.60 Å². The van der Waals surface area contributed by atoms with Crippen LogP contribution in [0.1, 0.15) is 54.4 Å². The average molecular weight is 565 g/mol. The lowest BCUT2D eigenvalue weighted by molar-refractivity contribution is -0.165. The van der Waals surface area contributed by atoms with Crippen molar-refractivity contribution < 1.29 is 59.0 Å². The molecule has 6 atom stereocenters. The van der Waals surface area contributed by atoms with E-state index in [9.17, 15) is 24.0 Å². The second kappa shape index (κ2) is 16.9. The largest absolute Gasteiger partial charge is 0.481 e. The van der Waals surface area contributed by atoms with Gasteiger partial charge in [-0.25, -0.2) is 14.4 Å². The Morgan fingerprint density at radius 3 is 1.85 bits per heavy atom. The number of aliphatic hydroxyl groups is 2. The molecule has 0 aliphatic carbocycles. The smallest absolute Gasteiger partial charge is 0.410 e. The topological polar surface area (TPSA) is 220 Å². The van der Waals surface area contributed by atoms with Crippen molar-refractivity contribution in [3.63, 3.8) is 0 Å². The number of amides is 1. The Labute approximate surface area is 228 Å². The summed E-state index contributed by atoms with van der Waals surface area (Å²) in [5, 5.41) is 44.8. The molecule has 0 radical (unpaired) electrons. The van der Waals surface area contributed by atoms with Crippen molar-refractivity contribution in [3.8, 4) is 0 Å². The lowest BCUT2D eigenvalue weighted by Gasteiger charge is -2.35. The highest BCUT2D eigenvalue weighted by Gasteiger charge is 2.35. The molecule has 0 bridgehead atoms. The predicted octanol–water partition coefficient (Wildman–Crippen LogP) is 0.637. The van der Waals surface area contributed by atoms with Gasteiger partial charge in [-0.1, -0.05) is 13.8 Å². The molecule has 0 saturated carbocycles. The van der Waals surface area contributed by atoms with E-state index < -0.39 is 47.7 Å². The molecule has 2 aliphatic rings. The first-order valence-electron chi connectivity index (χ1n) is 12.8. The van der Waals surface area contributed by atoms with E-state index in [1.165, 1.54) is 4.90 Å². The number of esters is 1. The quantitative estimate of drug-likeness (QED) is 0.244. The van der Waals surface area contributed by atoms with Crippen molar-refractivity contribution in [3.05, 3.63) is 0 Å². The molecular weight excluding hydrogens is 520 g/mol. The molecule has 226 valence electrons. The van der Waals surface area contributed by atoms with Gasteiger partial charge in [0.25, 0.3) is 0 Å². The van der Waals surface area contributed by atoms with Crippen LogP contribution < -0.4 is 5.32 Å². The summed E-state index contributed by atoms with van der Waals surface area (Å²) in [6.45, 7) is 14.4. The Morgan fingerprint density at radius 1 is 0.923 bits per heavy atom. The van der Waals surface area contributed by atoms with Gasteiger partial charge in [-0.05, 0) is 58.9 Å². The Kier molecular flexibility index (Phi) is 15.6. The van der Waals surface area contributed by atoms with Crippen molar-refractivity contribution in [2.24, 2.45) is 23.7 Å². The van der Waals surface area contributed by atoms with Crippen molar-refractivity contribution >= 4 is 30.0 Å². The summed E-state index contributed by atoms with van der Waals surface area (Å²) in [6.07, 6.45) is -3.18. The molecule has 39 heavy (non-hydrogen) atoms. The molecule has 2 heterocycles. The second-order valence-electron chi connectivity index (χ2n) is 10.5. The van der Waals surface area contributed by atoms with Crippen LogP contribution >= 0.6 is 0 Å². The highest BCUT2D eigenvalue weighted by atomic mass is 16.6. The predicted molar refractivity (Wildman–Crippen MR) is 137 cm³/mol. The lowest BCUT2D eigenvalue weighted by Crippen LogP contribution is -2.47. The minimum atomic E-state index is -2.27. The molecule has 1 amide bonds. The van der Waals surface area contributed by atoms with E-state index in [-0.39, 0.29) is 24.3 Å². The summed E-state index contributed by atoms with van der Waals surface area (Å²) in [6, 6.07) is 0. The van der Waals surface area contributed by atoms with Gasteiger partial charge in [0.05, 0.1) is 18.4 Å². The number of ether oxygens (including phenoxy) is 2. The fraction of sp³-hybridized carbons (Fsp3) is 0.800. The summed E-state index contributed by atoms with van der Waals surface area (Å²) in [4.78, 5) is 55.2. The van der Waals surface area contributed by atoms with Gasteiger partial charge in [0.15, 0.2) is 12.2 Å². The van der Waals surface area contributed by atoms with E-state index in [1.807, 2.05) is 13.8 Å². The van der Waals surface area contributed by atoms with Gasteiger partial charge in [-0.15, -0.1) is 0 Å². The number of carboxylic acids is 3. The van der Waals surface area contributed by atoms with Gasteiger partial charge in [0.2, 0.25) is 0 Å². The number of likely N-dealkylation sites (tertiary alicyclic amines) is 1. The molecule has 0 aromatic heterocycles. The summed E-state index contributed by atoms with van der Waals surface area (Å²) in [5.41, 5.74) is -0.543. The number of hydrogen-bond donors (Lipinski definition) is 6. The van der Waals surface area contributed by atoms with Crippen LogP contribution in [0.4, 0.5) is 4.79 Å². The van der Waals surface area contributed by atoms with Crippen LogP contribution in [0.15, 0.2) is 0 Å². The molecule has 2 rings (SSSR count). The number of piperidine rings is 2. The number of nitrogens with one attached hydrogen (secondary N) is 1. The van der Waals surface area contributed by atoms with Crippen LogP contribution in [0.5, 0.6) is 0 Å². The SMILES string of the molecule is CCOC(=O)[C@H]1CNCCC1C.C[C@@H]1CCN(C(=O)OC(C)(C)C)C[C@@H]1C(=O)O.O=C(O)[C@@H](O)[C@H](O)C(=O)O. The van der Waals surface area contributed by atoms with Crippen molar-refractivity contribution in [1.82, 2.24) is 10.2 Å². The van der Waals surface area contributed by atoms with Crippen LogP contribution in [0.25, 0.3) is 0 Å². The zero-order valence-corrected chi connectivity index (χ0v) is 23.5. The first-order valence-corrected chi connectivity index (χ1v) is 12.8. The molecule has 0 aromatic rings. The number of carbonyl (C=O) groups is 5. The average Bonchev–Trinajstić information content (AvgIpc) is 2.83. The van der Waals surface area contributed by atoms with Gasteiger partial charge in [0, 0.05) is 19.6 Å². The summed E-state index contributed by atoms with van der Waals surface area (Å²) in [7, 11) is 0. The van der Waals surface area contributed by atoms with Crippen molar-refractivity contribution in [2.75, 3.05) is 32.8 Å². The van der Waals surface area contributed by atoms with E-state index in [4.69, 9.17) is 35.0 Å². The van der Waals surface area contributed by atoms with Crippen molar-refractivity contribution in [1.29, 1.82) is 0 Å². The number of carboxylic acid groups (broad SMARTS) is 3. The molecule has 0 aromatic carbocycles. The van der Waals surface area contributed by atoms with Gasteiger partial charge >= 0.3 is 30.0 Å². The van der Waals surface area contributed by atoms with Gasteiger partial charge < -0.3 is 45.2 Å². The van der Waals surface area contributed by atoms with E-state index in [0.29, 0.717) is 25.5 Å². The van der Waals surface area contributed by atoms with Gasteiger partial charge in [-0.3, -0.25) is 9.59 Å². The first-order chi connectivity index (χ1) is 17.9. The van der Waals surface area contributed by atoms with Gasteiger partial charge in [-0.2, -0.15) is 0 Å². The van der Waals surface area contributed by atoms with E-state index in [1.54, 1.807) is 20.8 Å². The van der Waals surface area contributed by atoms with Crippen LogP contribution in [-0.4, -0.2) is 111 Å². The summed E-state index contributed by atoms with van der Waals surface area (Å²) in [5.74, 6) is -4.28. The maximum Gasteiger partial charge on any atom is 0.410 e. The molecule has 2 saturated heterocycles. The Morgan fingerprint density at radius 2 is 1.44 bits per heavy atom. The maximum absolute atomic E-state index is 11.8. The Balaban J connectivity index is 0.000000580. The normalized spacial score (nSPS) is 24.4. The second-order valence-corrected chi connectivity index (χ2v) is 10.5. The number of rotatable bonds is 6. The molecule has 2 fully saturated rings. The number of aliphatic carboxylic acids is 3. The summed E-state index contributed by atoms with van der Waals surface area (Å²) < 4.78 is 10.2. The third kappa shape index (κ3) is 13.6. The third-order valence-corrected chi connectivity index (χ3v) is 6.15. The van der Waals surface area contributed by atoms with Crippen LogP contribution in [-0.2, 0) is 28.7 Å². The monoisotopic (exact) mass is 564 g/mol. The minimum absolute atomic E-state index is 0.0443. The fourth-order valence-corrected chi connectivity index (χ4v) is 3.71. The Bertz CT molecular complexity index is 810. The lowest BCUT2D eigenvalue weighted by atomic mass is 9.87. The first kappa shape index (κ1) is 36.0. The van der Waals surface area contributed by atoms with Crippen LogP contribution in [0.2, 0.25) is 0 Å². The fourth-order valence-electron chi connectivity index (χ4n) is 3.71. The highest BCUT2D eigenvalue weighted by molar-refractivity contribution is 5.83. The standard InChI is InChI=1S/C12H21NO4.C9H17NO2.C4H6O6/c1-8-5-6-13(7-9(8)10(14)15)11(16)17-12(2,3)4;1-3-12-9(11)8-6-10-5-4-7(8)2;5-1(3(7)8)2(6)4(9)10/h8-9H,5-7H2,1-4H3,(H,14,15);7-8,10H,3-6H2,1-2H3;1-2,5-6H,(H,7,8)(H,9,10)/t8-,9+;7?,8-;1-,2-/m100/s1. The highest BCUT2D eigenvalue weighted by Crippen LogP contribution is 2.24. The number of hydrogen-bond acceptors (Lipinski definition) is 10. The zero-order chi connectivity index (χ0) is 30.5. The van der Waals surface area contributed by atoms with E-state index >= 15 is 0 Å². The maximum atomic E-state index is 11.8. The third-order valence-electron chi connectivity index (χ3n) is 6.15. The molecule has 14 nitrogen and oxygen atoms in total. The molecule has 14 heteroatoms. The van der Waals surface area contributed by atoms with E-state index in [0.717, 1.165) is 19.5 Å². The molecule has 6 N–H and O–H groups in total. The number of carbonyl (C=O) groups excluding carboxylic acids is 2. The van der Waals surface area contributed by atoms with Crippen LogP contribution in [0.3, 0.4) is 0 Å². The molecular formula is C25H44N2O12. The van der Waals surface area contributed by atoms with Crippen LogP contribution in [0, 0.1) is 23.7 Å². The number of aliphatic hydroxyl groups excluding tert-OH is 2. The minimum Gasteiger partial charge on any atom is -0.481 e.